The highest BCUT2D eigenvalue weighted by atomic mass is 79.9. The van der Waals surface area contributed by atoms with E-state index >= 15 is 0 Å². The van der Waals surface area contributed by atoms with Gasteiger partial charge in [-0.2, -0.15) is 0 Å². The van der Waals surface area contributed by atoms with Crippen LogP contribution in [0.15, 0.2) is 22.7 Å². The van der Waals surface area contributed by atoms with Crippen molar-refractivity contribution in [3.8, 4) is 5.75 Å². The van der Waals surface area contributed by atoms with Crippen LogP contribution in [0.25, 0.3) is 0 Å². The molecule has 1 aliphatic carbocycles. The molecule has 16 heavy (non-hydrogen) atoms. The van der Waals surface area contributed by atoms with Gasteiger partial charge >= 0.3 is 0 Å². The van der Waals surface area contributed by atoms with E-state index < -0.39 is 0 Å². The van der Waals surface area contributed by atoms with E-state index in [-0.39, 0.29) is 0 Å². The summed E-state index contributed by atoms with van der Waals surface area (Å²) in [5.74, 6) is 0.863. The van der Waals surface area contributed by atoms with Crippen LogP contribution in [0.1, 0.15) is 31.2 Å². The molecule has 3 heteroatoms. The molecular formula is C13H15BrO2. The second kappa shape index (κ2) is 5.48. The third kappa shape index (κ3) is 2.85. The lowest BCUT2D eigenvalue weighted by Gasteiger charge is -2.15. The summed E-state index contributed by atoms with van der Waals surface area (Å²) >= 11 is 3.41. The molecule has 0 atom stereocenters. The van der Waals surface area contributed by atoms with Crippen molar-refractivity contribution in [3.63, 3.8) is 0 Å². The van der Waals surface area contributed by atoms with Gasteiger partial charge < -0.3 is 9.53 Å². The summed E-state index contributed by atoms with van der Waals surface area (Å²) in [7, 11) is 0. The van der Waals surface area contributed by atoms with Crippen LogP contribution < -0.4 is 4.74 Å². The Morgan fingerprint density at radius 3 is 2.81 bits per heavy atom. The summed E-state index contributed by atoms with van der Waals surface area (Å²) in [5, 5.41) is 0. The zero-order valence-electron chi connectivity index (χ0n) is 9.12. The lowest BCUT2D eigenvalue weighted by Crippen LogP contribution is -2.12. The highest BCUT2D eigenvalue weighted by molar-refractivity contribution is 9.10. The first-order chi connectivity index (χ1) is 7.79. The smallest absolute Gasteiger partial charge is 0.124 e. The molecule has 1 saturated carbocycles. The number of carbonyl (C=O) groups excluding carboxylic acids is 1. The maximum absolute atomic E-state index is 10.6. The predicted octanol–water partition coefficient (Wildman–Crippen LogP) is 3.51. The first-order valence-electron chi connectivity index (χ1n) is 5.68. The Balaban J connectivity index is 2.14. The van der Waals surface area contributed by atoms with E-state index in [1.807, 2.05) is 18.2 Å². The minimum atomic E-state index is 0.339. The van der Waals surface area contributed by atoms with Gasteiger partial charge in [0.1, 0.15) is 12.0 Å². The Morgan fingerprint density at radius 2 is 2.12 bits per heavy atom. The summed E-state index contributed by atoms with van der Waals surface area (Å²) in [5.41, 5.74) is 0.969. The SMILES string of the molecule is O=CCc1cc(Br)ccc1OC1CCCC1. The van der Waals surface area contributed by atoms with Gasteiger partial charge in [-0.25, -0.2) is 0 Å². The average molecular weight is 283 g/mol. The van der Waals surface area contributed by atoms with Gasteiger partial charge in [0.25, 0.3) is 0 Å². The average Bonchev–Trinajstić information content (AvgIpc) is 2.75. The molecule has 0 radical (unpaired) electrons. The van der Waals surface area contributed by atoms with E-state index in [1.165, 1.54) is 12.8 Å². The van der Waals surface area contributed by atoms with E-state index in [0.29, 0.717) is 12.5 Å². The van der Waals surface area contributed by atoms with Crippen LogP contribution in [0.2, 0.25) is 0 Å². The first-order valence-corrected chi connectivity index (χ1v) is 6.47. The van der Waals surface area contributed by atoms with E-state index in [0.717, 1.165) is 34.9 Å². The van der Waals surface area contributed by atoms with Crippen LogP contribution in [0.5, 0.6) is 5.75 Å². The fourth-order valence-corrected chi connectivity index (χ4v) is 2.51. The first kappa shape index (κ1) is 11.6. The third-order valence-electron chi connectivity index (χ3n) is 2.92. The molecule has 2 nitrogen and oxygen atoms in total. The van der Waals surface area contributed by atoms with Crippen molar-refractivity contribution in [3.05, 3.63) is 28.2 Å². The molecule has 0 N–H and O–H groups in total. The maximum Gasteiger partial charge on any atom is 0.124 e. The van der Waals surface area contributed by atoms with Crippen molar-refractivity contribution in [2.24, 2.45) is 0 Å². The van der Waals surface area contributed by atoms with E-state index in [2.05, 4.69) is 15.9 Å². The van der Waals surface area contributed by atoms with Crippen molar-refractivity contribution in [1.82, 2.24) is 0 Å². The summed E-state index contributed by atoms with van der Waals surface area (Å²) in [6, 6.07) is 5.86. The molecule has 0 bridgehead atoms. The highest BCUT2D eigenvalue weighted by Gasteiger charge is 2.17. The summed E-state index contributed by atoms with van der Waals surface area (Å²) in [6.07, 6.45) is 6.46. The van der Waals surface area contributed by atoms with E-state index in [4.69, 9.17) is 4.74 Å². The standard InChI is InChI=1S/C13H15BrO2/c14-11-5-6-13(10(9-11)7-8-15)16-12-3-1-2-4-12/h5-6,8-9,12H,1-4,7H2. The van der Waals surface area contributed by atoms with Crippen molar-refractivity contribution < 1.29 is 9.53 Å². The topological polar surface area (TPSA) is 26.3 Å². The lowest BCUT2D eigenvalue weighted by atomic mass is 10.1. The molecule has 1 aliphatic rings. The minimum Gasteiger partial charge on any atom is -0.490 e. The van der Waals surface area contributed by atoms with Crippen molar-refractivity contribution >= 4 is 22.2 Å². The Morgan fingerprint density at radius 1 is 1.38 bits per heavy atom. The molecule has 86 valence electrons. The predicted molar refractivity (Wildman–Crippen MR) is 66.8 cm³/mol. The monoisotopic (exact) mass is 282 g/mol. The number of hydrogen-bond acceptors (Lipinski definition) is 2. The van der Waals surface area contributed by atoms with Crippen molar-refractivity contribution in [1.29, 1.82) is 0 Å². The number of rotatable bonds is 4. The van der Waals surface area contributed by atoms with Gasteiger partial charge in [-0.1, -0.05) is 15.9 Å². The molecule has 2 rings (SSSR count). The van der Waals surface area contributed by atoms with Crippen molar-refractivity contribution in [2.45, 2.75) is 38.2 Å². The quantitative estimate of drug-likeness (QED) is 0.790. The molecule has 0 amide bonds. The maximum atomic E-state index is 10.6. The number of halogens is 1. The number of aldehydes is 1. The molecule has 0 aromatic heterocycles. The van der Waals surface area contributed by atoms with Crippen molar-refractivity contribution in [2.75, 3.05) is 0 Å². The Labute approximate surface area is 104 Å². The van der Waals surface area contributed by atoms with Gasteiger partial charge in [0.2, 0.25) is 0 Å². The van der Waals surface area contributed by atoms with Crippen LogP contribution in [0, 0.1) is 0 Å². The van der Waals surface area contributed by atoms with Gasteiger partial charge in [-0.15, -0.1) is 0 Å². The number of ether oxygens (including phenoxy) is 1. The van der Waals surface area contributed by atoms with Gasteiger partial charge in [0.05, 0.1) is 6.10 Å². The largest absolute Gasteiger partial charge is 0.490 e. The zero-order chi connectivity index (χ0) is 11.4. The number of hydrogen-bond donors (Lipinski definition) is 0. The Bertz CT molecular complexity index is 370. The molecule has 0 unspecified atom stereocenters. The van der Waals surface area contributed by atoms with Gasteiger partial charge in [0, 0.05) is 16.5 Å². The number of benzene rings is 1. The molecule has 1 fully saturated rings. The molecule has 1 aromatic rings. The molecule has 0 heterocycles. The van der Waals surface area contributed by atoms with Crippen LogP contribution in [-0.4, -0.2) is 12.4 Å². The highest BCUT2D eigenvalue weighted by Crippen LogP contribution is 2.28. The lowest BCUT2D eigenvalue weighted by molar-refractivity contribution is -0.107. The molecular weight excluding hydrogens is 268 g/mol. The number of carbonyl (C=O) groups is 1. The van der Waals surface area contributed by atoms with E-state index in [9.17, 15) is 4.79 Å². The second-order valence-electron chi connectivity index (χ2n) is 4.15. The second-order valence-corrected chi connectivity index (χ2v) is 5.06. The summed E-state index contributed by atoms with van der Waals surface area (Å²) in [4.78, 5) is 10.6. The van der Waals surface area contributed by atoms with Crippen LogP contribution in [0.4, 0.5) is 0 Å². The van der Waals surface area contributed by atoms with Crippen LogP contribution in [-0.2, 0) is 11.2 Å². The fraction of sp³-hybridized carbons (Fsp3) is 0.462. The van der Waals surface area contributed by atoms with Crippen LogP contribution >= 0.6 is 15.9 Å². The molecule has 0 saturated heterocycles. The molecule has 1 aromatic carbocycles. The molecule has 0 aliphatic heterocycles. The molecule has 0 spiro atoms. The Hall–Kier alpha value is -0.830. The van der Waals surface area contributed by atoms with E-state index in [1.54, 1.807) is 0 Å². The normalized spacial score (nSPS) is 16.3. The van der Waals surface area contributed by atoms with Gasteiger partial charge in [-0.3, -0.25) is 0 Å². The van der Waals surface area contributed by atoms with Gasteiger partial charge in [-0.05, 0) is 43.9 Å². The summed E-state index contributed by atoms with van der Waals surface area (Å²) in [6.45, 7) is 0. The minimum absolute atomic E-state index is 0.339. The van der Waals surface area contributed by atoms with Crippen LogP contribution in [0.3, 0.4) is 0 Å². The summed E-state index contributed by atoms with van der Waals surface area (Å²) < 4.78 is 6.92. The zero-order valence-corrected chi connectivity index (χ0v) is 10.7. The fourth-order valence-electron chi connectivity index (χ4n) is 2.10. The Kier molecular flexibility index (Phi) is 3.99. The third-order valence-corrected chi connectivity index (χ3v) is 3.41. The van der Waals surface area contributed by atoms with Gasteiger partial charge in [0.15, 0.2) is 0 Å².